The van der Waals surface area contributed by atoms with Gasteiger partial charge in [0.1, 0.15) is 29.1 Å². The topological polar surface area (TPSA) is 82.1 Å². The zero-order valence-corrected chi connectivity index (χ0v) is 18.3. The minimum absolute atomic E-state index is 0.0124. The summed E-state index contributed by atoms with van der Waals surface area (Å²) in [5.41, 5.74) is 1.83. The average Bonchev–Trinajstić information content (AvgIpc) is 2.82. The second-order valence-electron chi connectivity index (χ2n) is 7.34. The van der Waals surface area contributed by atoms with Crippen molar-refractivity contribution in [1.29, 1.82) is 0 Å². The van der Waals surface area contributed by atoms with Crippen LogP contribution in [0.3, 0.4) is 0 Å². The van der Waals surface area contributed by atoms with Crippen LogP contribution in [-0.4, -0.2) is 39.5 Å². The van der Waals surface area contributed by atoms with Crippen LogP contribution in [0.15, 0.2) is 83.8 Å². The number of rotatable bonds is 7. The van der Waals surface area contributed by atoms with Crippen molar-refractivity contribution in [3.8, 4) is 11.5 Å². The zero-order valence-electron chi connectivity index (χ0n) is 17.5. The van der Waals surface area contributed by atoms with Crippen molar-refractivity contribution < 1.29 is 26.9 Å². The number of carbonyl (C=O) groups excluding carboxylic acids is 1. The van der Waals surface area contributed by atoms with Crippen molar-refractivity contribution in [2.75, 3.05) is 20.3 Å². The van der Waals surface area contributed by atoms with Crippen LogP contribution in [0, 0.1) is 0 Å². The molecular formula is C24H23NO6S. The van der Waals surface area contributed by atoms with Gasteiger partial charge in [0.25, 0.3) is 0 Å². The van der Waals surface area contributed by atoms with Crippen LogP contribution in [-0.2, 0) is 26.2 Å². The molecule has 0 radical (unpaired) electrons. The van der Waals surface area contributed by atoms with Crippen molar-refractivity contribution in [2.45, 2.75) is 17.5 Å². The molecular weight excluding hydrogens is 430 g/mol. The van der Waals surface area contributed by atoms with E-state index in [1.807, 2.05) is 24.3 Å². The molecule has 3 aromatic carbocycles. The van der Waals surface area contributed by atoms with Gasteiger partial charge in [-0.1, -0.05) is 42.5 Å². The minimum Gasteiger partial charge on any atom is -0.497 e. The van der Waals surface area contributed by atoms with E-state index in [0.717, 1.165) is 16.9 Å². The molecule has 0 N–H and O–H groups in total. The van der Waals surface area contributed by atoms with E-state index in [1.165, 1.54) is 12.1 Å². The first-order valence-corrected chi connectivity index (χ1v) is 11.5. The molecule has 0 aliphatic carbocycles. The van der Waals surface area contributed by atoms with E-state index >= 15 is 0 Å². The smallest absolute Gasteiger partial charge is 0.339 e. The first-order valence-electron chi connectivity index (χ1n) is 10.1. The number of benzene rings is 3. The van der Waals surface area contributed by atoms with Crippen LogP contribution in [0.4, 0.5) is 0 Å². The number of ether oxygens (including phenoxy) is 2. The van der Waals surface area contributed by atoms with Crippen molar-refractivity contribution in [1.82, 2.24) is 4.90 Å². The Morgan fingerprint density at radius 3 is 2.25 bits per heavy atom. The summed E-state index contributed by atoms with van der Waals surface area (Å²) in [6.07, 6.45) is -0.314. The maximum Gasteiger partial charge on any atom is 0.339 e. The molecule has 1 fully saturated rings. The molecule has 8 heteroatoms. The predicted molar refractivity (Wildman–Crippen MR) is 118 cm³/mol. The fourth-order valence-electron chi connectivity index (χ4n) is 3.42. The molecule has 0 aromatic heterocycles. The lowest BCUT2D eigenvalue weighted by Crippen LogP contribution is -2.42. The maximum atomic E-state index is 12.4. The first kappa shape index (κ1) is 21.9. The molecule has 1 atom stereocenters. The van der Waals surface area contributed by atoms with E-state index in [2.05, 4.69) is 0 Å². The molecule has 32 heavy (non-hydrogen) atoms. The Kier molecular flexibility index (Phi) is 6.43. The zero-order chi connectivity index (χ0) is 22.6. The molecule has 1 heterocycles. The maximum absolute atomic E-state index is 12.4. The highest BCUT2D eigenvalue weighted by Crippen LogP contribution is 2.27. The standard InChI is InChI=1S/C24H23NO6S/c1-29-20-11-7-18(8-12-20)15-25-16-23(30-17-24(25)26)19-9-13-21(14-10-19)31-32(27,28)22-5-3-2-4-6-22/h2-14,23H,15-17H2,1H3/t23-/m0/s1. The Morgan fingerprint density at radius 1 is 0.938 bits per heavy atom. The second-order valence-corrected chi connectivity index (χ2v) is 8.89. The Balaban J connectivity index is 1.42. The third-order valence-electron chi connectivity index (χ3n) is 5.17. The third-order valence-corrected chi connectivity index (χ3v) is 6.43. The largest absolute Gasteiger partial charge is 0.497 e. The average molecular weight is 454 g/mol. The second kappa shape index (κ2) is 9.42. The van der Waals surface area contributed by atoms with Crippen LogP contribution >= 0.6 is 0 Å². The summed E-state index contributed by atoms with van der Waals surface area (Å²) >= 11 is 0. The minimum atomic E-state index is -3.90. The third kappa shape index (κ3) is 5.09. The Labute approximate surface area is 187 Å². The van der Waals surface area contributed by atoms with Crippen LogP contribution in [0.25, 0.3) is 0 Å². The summed E-state index contributed by atoms with van der Waals surface area (Å²) < 4.78 is 40.9. The van der Waals surface area contributed by atoms with Crippen molar-refractivity contribution >= 4 is 16.0 Å². The van der Waals surface area contributed by atoms with Gasteiger partial charge in [-0.05, 0) is 47.5 Å². The monoisotopic (exact) mass is 453 g/mol. The summed E-state index contributed by atoms with van der Waals surface area (Å²) in [6, 6.07) is 22.2. The molecule has 0 spiro atoms. The molecule has 4 rings (SSSR count). The Hall–Kier alpha value is -3.36. The van der Waals surface area contributed by atoms with Crippen LogP contribution in [0.5, 0.6) is 11.5 Å². The van der Waals surface area contributed by atoms with Crippen molar-refractivity contribution in [3.63, 3.8) is 0 Å². The fraction of sp³-hybridized carbons (Fsp3) is 0.208. The summed E-state index contributed by atoms with van der Waals surface area (Å²) in [5, 5.41) is 0. The van der Waals surface area contributed by atoms with E-state index in [9.17, 15) is 13.2 Å². The SMILES string of the molecule is COc1ccc(CN2C[C@@H](c3ccc(OS(=O)(=O)c4ccccc4)cc3)OCC2=O)cc1. The molecule has 0 bridgehead atoms. The lowest BCUT2D eigenvalue weighted by molar-refractivity contribution is -0.150. The molecule has 1 aliphatic rings. The molecule has 1 aliphatic heterocycles. The van der Waals surface area contributed by atoms with Gasteiger partial charge in [0.05, 0.1) is 13.7 Å². The molecule has 1 saturated heterocycles. The molecule has 3 aromatic rings. The van der Waals surface area contributed by atoms with E-state index in [0.29, 0.717) is 13.1 Å². The van der Waals surface area contributed by atoms with E-state index in [4.69, 9.17) is 13.7 Å². The van der Waals surface area contributed by atoms with Gasteiger partial charge in [-0.15, -0.1) is 0 Å². The van der Waals surface area contributed by atoms with Crippen LogP contribution < -0.4 is 8.92 Å². The number of hydrogen-bond acceptors (Lipinski definition) is 6. The summed E-state index contributed by atoms with van der Waals surface area (Å²) in [7, 11) is -2.29. The van der Waals surface area contributed by atoms with E-state index < -0.39 is 10.1 Å². The van der Waals surface area contributed by atoms with Crippen molar-refractivity contribution in [3.05, 3.63) is 90.0 Å². The number of hydrogen-bond donors (Lipinski definition) is 0. The quantitative estimate of drug-likeness (QED) is 0.509. The summed E-state index contributed by atoms with van der Waals surface area (Å²) in [6.45, 7) is 0.855. The number of morpholine rings is 1. The van der Waals surface area contributed by atoms with Gasteiger partial charge in [0, 0.05) is 6.54 Å². The highest BCUT2D eigenvalue weighted by atomic mass is 32.2. The van der Waals surface area contributed by atoms with Crippen LogP contribution in [0.2, 0.25) is 0 Å². The fourth-order valence-corrected chi connectivity index (χ4v) is 4.37. The van der Waals surface area contributed by atoms with Gasteiger partial charge in [-0.25, -0.2) is 0 Å². The van der Waals surface area contributed by atoms with E-state index in [1.54, 1.807) is 54.5 Å². The molecule has 0 saturated carbocycles. The molecule has 0 unspecified atom stereocenters. The highest BCUT2D eigenvalue weighted by Gasteiger charge is 2.27. The summed E-state index contributed by atoms with van der Waals surface area (Å²) in [4.78, 5) is 14.2. The van der Waals surface area contributed by atoms with Gasteiger partial charge in [0.2, 0.25) is 5.91 Å². The molecule has 1 amide bonds. The Bertz CT molecular complexity index is 1160. The van der Waals surface area contributed by atoms with Gasteiger partial charge in [-0.3, -0.25) is 4.79 Å². The first-order chi connectivity index (χ1) is 15.4. The number of amides is 1. The van der Waals surface area contributed by atoms with Crippen LogP contribution in [0.1, 0.15) is 17.2 Å². The highest BCUT2D eigenvalue weighted by molar-refractivity contribution is 7.87. The normalized spacial score (nSPS) is 16.6. The number of carbonyl (C=O) groups is 1. The molecule has 7 nitrogen and oxygen atoms in total. The summed E-state index contributed by atoms with van der Waals surface area (Å²) in [5.74, 6) is 0.891. The lowest BCUT2D eigenvalue weighted by atomic mass is 10.1. The van der Waals surface area contributed by atoms with Gasteiger partial charge < -0.3 is 18.6 Å². The van der Waals surface area contributed by atoms with Crippen molar-refractivity contribution in [2.24, 2.45) is 0 Å². The predicted octanol–water partition coefficient (Wildman–Crippen LogP) is 3.56. The number of methoxy groups -OCH3 is 1. The van der Waals surface area contributed by atoms with E-state index in [-0.39, 0.29) is 29.3 Å². The molecule has 166 valence electrons. The van der Waals surface area contributed by atoms with Gasteiger partial charge in [-0.2, -0.15) is 8.42 Å². The lowest BCUT2D eigenvalue weighted by Gasteiger charge is -2.33. The Morgan fingerprint density at radius 2 is 1.59 bits per heavy atom. The number of nitrogens with zero attached hydrogens (tertiary/aromatic N) is 1. The van der Waals surface area contributed by atoms with Gasteiger partial charge >= 0.3 is 10.1 Å². The van der Waals surface area contributed by atoms with Gasteiger partial charge in [0.15, 0.2) is 0 Å².